The SMILES string of the molecule is Cc1cnc(-c2ncc(C(C)O)s2)c(C)c1. The number of rotatable bonds is 2. The molecule has 0 saturated carbocycles. The molecular weight excluding hydrogens is 220 g/mol. The Morgan fingerprint density at radius 3 is 2.56 bits per heavy atom. The Morgan fingerprint density at radius 2 is 2.00 bits per heavy atom. The highest BCUT2D eigenvalue weighted by Gasteiger charge is 2.11. The molecule has 1 atom stereocenters. The van der Waals surface area contributed by atoms with E-state index < -0.39 is 6.10 Å². The van der Waals surface area contributed by atoms with Crippen molar-refractivity contribution in [2.24, 2.45) is 0 Å². The van der Waals surface area contributed by atoms with Crippen LogP contribution in [-0.2, 0) is 0 Å². The molecule has 0 aliphatic heterocycles. The molecule has 2 rings (SSSR count). The Hall–Kier alpha value is -1.26. The van der Waals surface area contributed by atoms with Crippen LogP contribution in [0.1, 0.15) is 29.0 Å². The summed E-state index contributed by atoms with van der Waals surface area (Å²) >= 11 is 1.49. The van der Waals surface area contributed by atoms with E-state index in [1.54, 1.807) is 13.1 Å². The molecule has 4 heteroatoms. The van der Waals surface area contributed by atoms with Gasteiger partial charge < -0.3 is 5.11 Å². The second-order valence-corrected chi connectivity index (χ2v) is 4.98. The molecule has 2 aromatic rings. The minimum absolute atomic E-state index is 0.461. The van der Waals surface area contributed by atoms with E-state index in [1.807, 2.05) is 20.0 Å². The zero-order valence-electron chi connectivity index (χ0n) is 9.56. The van der Waals surface area contributed by atoms with Crippen LogP contribution in [0, 0.1) is 13.8 Å². The molecule has 0 amide bonds. The largest absolute Gasteiger partial charge is 0.388 e. The van der Waals surface area contributed by atoms with Gasteiger partial charge in [-0.15, -0.1) is 11.3 Å². The normalized spacial score (nSPS) is 12.8. The zero-order chi connectivity index (χ0) is 11.7. The minimum Gasteiger partial charge on any atom is -0.388 e. The predicted molar refractivity (Wildman–Crippen MR) is 65.5 cm³/mol. The summed E-state index contributed by atoms with van der Waals surface area (Å²) < 4.78 is 0. The molecule has 0 saturated heterocycles. The van der Waals surface area contributed by atoms with E-state index in [1.165, 1.54) is 11.3 Å². The van der Waals surface area contributed by atoms with Crippen molar-refractivity contribution in [3.63, 3.8) is 0 Å². The first-order chi connectivity index (χ1) is 7.58. The first-order valence-corrected chi connectivity index (χ1v) is 5.97. The van der Waals surface area contributed by atoms with Crippen LogP contribution in [0.15, 0.2) is 18.5 Å². The van der Waals surface area contributed by atoms with Crippen molar-refractivity contribution >= 4 is 11.3 Å². The van der Waals surface area contributed by atoms with Gasteiger partial charge in [0.05, 0.1) is 11.0 Å². The standard InChI is InChI=1S/C12H14N2OS/c1-7-4-8(2)11(13-5-7)12-14-6-10(16-12)9(3)15/h4-6,9,15H,1-3H3. The van der Waals surface area contributed by atoms with Crippen LogP contribution in [0.4, 0.5) is 0 Å². The molecule has 2 heterocycles. The van der Waals surface area contributed by atoms with Gasteiger partial charge in [0.1, 0.15) is 10.7 Å². The monoisotopic (exact) mass is 234 g/mol. The summed E-state index contributed by atoms with van der Waals surface area (Å²) in [5, 5.41) is 10.3. The summed E-state index contributed by atoms with van der Waals surface area (Å²) in [7, 11) is 0. The quantitative estimate of drug-likeness (QED) is 0.869. The first-order valence-electron chi connectivity index (χ1n) is 5.15. The van der Waals surface area contributed by atoms with Gasteiger partial charge in [-0.3, -0.25) is 4.98 Å². The third kappa shape index (κ3) is 2.13. The Balaban J connectivity index is 2.42. The molecule has 0 radical (unpaired) electrons. The number of aliphatic hydroxyl groups is 1. The smallest absolute Gasteiger partial charge is 0.142 e. The second kappa shape index (κ2) is 4.31. The van der Waals surface area contributed by atoms with Gasteiger partial charge in [-0.2, -0.15) is 0 Å². The van der Waals surface area contributed by atoms with Crippen molar-refractivity contribution in [2.75, 3.05) is 0 Å². The highest BCUT2D eigenvalue weighted by atomic mass is 32.1. The summed E-state index contributed by atoms with van der Waals surface area (Å²) in [5.41, 5.74) is 3.17. The summed E-state index contributed by atoms with van der Waals surface area (Å²) in [4.78, 5) is 9.55. The lowest BCUT2D eigenvalue weighted by atomic mass is 10.2. The minimum atomic E-state index is -0.461. The summed E-state index contributed by atoms with van der Waals surface area (Å²) in [6.07, 6.45) is 3.09. The highest BCUT2D eigenvalue weighted by molar-refractivity contribution is 7.15. The summed E-state index contributed by atoms with van der Waals surface area (Å²) in [6.45, 7) is 5.79. The second-order valence-electron chi connectivity index (χ2n) is 3.92. The van der Waals surface area contributed by atoms with E-state index in [9.17, 15) is 5.11 Å². The molecule has 1 N–H and O–H groups in total. The first kappa shape index (κ1) is 11.2. The van der Waals surface area contributed by atoms with E-state index in [0.717, 1.165) is 26.7 Å². The number of nitrogens with zero attached hydrogens (tertiary/aromatic N) is 2. The lowest BCUT2D eigenvalue weighted by molar-refractivity contribution is 0.203. The number of thiazole rings is 1. The maximum atomic E-state index is 9.45. The third-order valence-corrected chi connectivity index (χ3v) is 3.53. The van der Waals surface area contributed by atoms with Gasteiger partial charge in [-0.1, -0.05) is 6.07 Å². The molecule has 84 valence electrons. The molecule has 0 bridgehead atoms. The molecule has 3 nitrogen and oxygen atoms in total. The van der Waals surface area contributed by atoms with Gasteiger partial charge >= 0.3 is 0 Å². The number of aryl methyl sites for hydroxylation is 2. The van der Waals surface area contributed by atoms with Crippen LogP contribution < -0.4 is 0 Å². The van der Waals surface area contributed by atoms with Gasteiger partial charge in [0.15, 0.2) is 0 Å². The number of aromatic nitrogens is 2. The van der Waals surface area contributed by atoms with Gasteiger partial charge in [0, 0.05) is 12.4 Å². The lowest BCUT2D eigenvalue weighted by Gasteiger charge is -2.02. The highest BCUT2D eigenvalue weighted by Crippen LogP contribution is 2.29. The number of pyridine rings is 1. The number of hydrogen-bond donors (Lipinski definition) is 1. The van der Waals surface area contributed by atoms with Crippen LogP contribution in [0.2, 0.25) is 0 Å². The molecule has 2 aromatic heterocycles. The van der Waals surface area contributed by atoms with E-state index >= 15 is 0 Å². The van der Waals surface area contributed by atoms with Crippen molar-refractivity contribution in [1.82, 2.24) is 9.97 Å². The van der Waals surface area contributed by atoms with E-state index in [0.29, 0.717) is 0 Å². The van der Waals surface area contributed by atoms with Crippen molar-refractivity contribution in [3.8, 4) is 10.7 Å². The maximum absolute atomic E-state index is 9.45. The fraction of sp³-hybridized carbons (Fsp3) is 0.333. The predicted octanol–water partition coefficient (Wildman–Crippen LogP) is 2.88. The van der Waals surface area contributed by atoms with E-state index in [-0.39, 0.29) is 0 Å². The average molecular weight is 234 g/mol. The molecule has 0 aliphatic rings. The van der Waals surface area contributed by atoms with Crippen LogP contribution >= 0.6 is 11.3 Å². The van der Waals surface area contributed by atoms with Crippen molar-refractivity contribution in [3.05, 3.63) is 34.5 Å². The van der Waals surface area contributed by atoms with Gasteiger partial charge in [-0.05, 0) is 31.9 Å². The third-order valence-electron chi connectivity index (χ3n) is 2.35. The fourth-order valence-corrected chi connectivity index (χ4v) is 2.44. The van der Waals surface area contributed by atoms with Crippen molar-refractivity contribution in [2.45, 2.75) is 26.9 Å². The Labute approximate surface area is 98.8 Å². The Morgan fingerprint density at radius 1 is 1.25 bits per heavy atom. The van der Waals surface area contributed by atoms with Gasteiger partial charge in [-0.25, -0.2) is 4.98 Å². The summed E-state index contributed by atoms with van der Waals surface area (Å²) in [5.74, 6) is 0. The molecular formula is C12H14N2OS. The molecule has 0 spiro atoms. The Kier molecular flexibility index (Phi) is 3.03. The van der Waals surface area contributed by atoms with Crippen LogP contribution in [0.3, 0.4) is 0 Å². The lowest BCUT2D eigenvalue weighted by Crippen LogP contribution is -1.88. The van der Waals surface area contributed by atoms with Crippen LogP contribution in [0.25, 0.3) is 10.7 Å². The van der Waals surface area contributed by atoms with Crippen molar-refractivity contribution in [1.29, 1.82) is 0 Å². The summed E-state index contributed by atoms with van der Waals surface area (Å²) in [6, 6.07) is 2.09. The molecule has 0 fully saturated rings. The molecule has 16 heavy (non-hydrogen) atoms. The number of hydrogen-bond acceptors (Lipinski definition) is 4. The number of aliphatic hydroxyl groups excluding tert-OH is 1. The average Bonchev–Trinajstić information content (AvgIpc) is 2.66. The van der Waals surface area contributed by atoms with E-state index in [4.69, 9.17) is 0 Å². The van der Waals surface area contributed by atoms with E-state index in [2.05, 4.69) is 16.0 Å². The fourth-order valence-electron chi connectivity index (χ4n) is 1.53. The molecule has 0 aromatic carbocycles. The van der Waals surface area contributed by atoms with Crippen LogP contribution in [-0.4, -0.2) is 15.1 Å². The van der Waals surface area contributed by atoms with Gasteiger partial charge in [0.25, 0.3) is 0 Å². The topological polar surface area (TPSA) is 46.0 Å². The van der Waals surface area contributed by atoms with Crippen molar-refractivity contribution < 1.29 is 5.11 Å². The van der Waals surface area contributed by atoms with Crippen LogP contribution in [0.5, 0.6) is 0 Å². The zero-order valence-corrected chi connectivity index (χ0v) is 10.4. The Bertz CT molecular complexity index is 505. The molecule has 0 aliphatic carbocycles. The van der Waals surface area contributed by atoms with Gasteiger partial charge in [0.2, 0.25) is 0 Å². The maximum Gasteiger partial charge on any atom is 0.142 e. The molecule has 1 unspecified atom stereocenters.